The van der Waals surface area contributed by atoms with E-state index in [1.54, 1.807) is 12.1 Å². The van der Waals surface area contributed by atoms with Crippen molar-refractivity contribution in [2.45, 2.75) is 40.2 Å². The molecule has 1 aromatic carbocycles. The molecule has 2 rings (SSSR count). The summed E-state index contributed by atoms with van der Waals surface area (Å²) in [4.78, 5) is 28.9. The van der Waals surface area contributed by atoms with E-state index in [0.29, 0.717) is 23.4 Å². The summed E-state index contributed by atoms with van der Waals surface area (Å²) >= 11 is 0. The number of anilines is 1. The van der Waals surface area contributed by atoms with Gasteiger partial charge in [-0.15, -0.1) is 0 Å². The van der Waals surface area contributed by atoms with Crippen LogP contribution in [0, 0.1) is 5.92 Å². The van der Waals surface area contributed by atoms with E-state index in [2.05, 4.69) is 15.8 Å². The summed E-state index contributed by atoms with van der Waals surface area (Å²) < 4.78 is 1.51. The van der Waals surface area contributed by atoms with Crippen molar-refractivity contribution >= 4 is 22.8 Å². The zero-order valence-corrected chi connectivity index (χ0v) is 13.2. The minimum atomic E-state index is -0.118. The van der Waals surface area contributed by atoms with Crippen LogP contribution >= 0.6 is 0 Å². The quantitative estimate of drug-likeness (QED) is 0.803. The van der Waals surface area contributed by atoms with Gasteiger partial charge in [0.2, 0.25) is 11.9 Å². The second kappa shape index (κ2) is 7.06. The van der Waals surface area contributed by atoms with E-state index < -0.39 is 0 Å². The second-order valence-corrected chi connectivity index (χ2v) is 5.13. The summed E-state index contributed by atoms with van der Waals surface area (Å²) in [6, 6.07) is 7.18. The average Bonchev–Trinajstić information content (AvgIpc) is 2.54. The van der Waals surface area contributed by atoms with Gasteiger partial charge in [0.25, 0.3) is 5.56 Å². The number of carbonyl (C=O) groups is 1. The van der Waals surface area contributed by atoms with E-state index in [9.17, 15) is 9.59 Å². The molecule has 0 aliphatic rings. The predicted molar refractivity (Wildman–Crippen MR) is 87.5 cm³/mol. The van der Waals surface area contributed by atoms with Gasteiger partial charge in [-0.05, 0) is 31.9 Å². The molecule has 6 nitrogen and oxygen atoms in total. The van der Waals surface area contributed by atoms with Gasteiger partial charge in [0, 0.05) is 12.5 Å². The van der Waals surface area contributed by atoms with Crippen LogP contribution in [0.4, 0.5) is 5.95 Å². The third-order valence-electron chi connectivity index (χ3n) is 3.83. The van der Waals surface area contributed by atoms with Crippen molar-refractivity contribution in [3.63, 3.8) is 0 Å². The molecule has 2 aromatic rings. The average molecular weight is 302 g/mol. The molecule has 0 radical (unpaired) electrons. The molecule has 0 atom stereocenters. The standard InChI is InChI=1S/C16H22N4O2/c1-4-11(5-2)14(21)18-19-16-17-13-10-8-7-9-12(13)15(22)20(16)6-3/h7-11H,4-6H2,1-3H3,(H,17,19)(H,18,21). The molecule has 1 amide bonds. The third kappa shape index (κ3) is 3.10. The Labute approximate surface area is 129 Å². The van der Waals surface area contributed by atoms with Gasteiger partial charge in [-0.1, -0.05) is 26.0 Å². The molecule has 0 unspecified atom stereocenters. The highest BCUT2D eigenvalue weighted by molar-refractivity contribution is 5.81. The number of benzene rings is 1. The molecule has 22 heavy (non-hydrogen) atoms. The minimum Gasteiger partial charge on any atom is -0.277 e. The number of carbonyl (C=O) groups excluding carboxylic acids is 1. The first kappa shape index (κ1) is 16.0. The Bertz CT molecular complexity index is 720. The van der Waals surface area contributed by atoms with E-state index in [-0.39, 0.29) is 17.4 Å². The van der Waals surface area contributed by atoms with Crippen molar-refractivity contribution < 1.29 is 4.79 Å². The fourth-order valence-electron chi connectivity index (χ4n) is 2.44. The van der Waals surface area contributed by atoms with Gasteiger partial charge in [0.15, 0.2) is 0 Å². The number of aromatic nitrogens is 2. The first-order valence-corrected chi connectivity index (χ1v) is 7.67. The first-order chi connectivity index (χ1) is 10.6. The maximum absolute atomic E-state index is 12.4. The predicted octanol–water partition coefficient (Wildman–Crippen LogP) is 2.30. The van der Waals surface area contributed by atoms with Crippen LogP contribution in [0.5, 0.6) is 0 Å². The largest absolute Gasteiger partial charge is 0.277 e. The molecule has 0 spiro atoms. The van der Waals surface area contributed by atoms with Crippen LogP contribution in [-0.2, 0) is 11.3 Å². The zero-order valence-electron chi connectivity index (χ0n) is 13.2. The number of rotatable bonds is 6. The van der Waals surface area contributed by atoms with Crippen LogP contribution in [0.2, 0.25) is 0 Å². The van der Waals surface area contributed by atoms with Crippen molar-refractivity contribution in [1.29, 1.82) is 0 Å². The smallest absolute Gasteiger partial charge is 0.262 e. The van der Waals surface area contributed by atoms with Gasteiger partial charge in [-0.2, -0.15) is 0 Å². The number of para-hydroxylation sites is 1. The first-order valence-electron chi connectivity index (χ1n) is 7.67. The molecule has 0 aliphatic carbocycles. The Hall–Kier alpha value is -2.37. The summed E-state index contributed by atoms with van der Waals surface area (Å²) in [6.07, 6.45) is 1.55. The second-order valence-electron chi connectivity index (χ2n) is 5.13. The van der Waals surface area contributed by atoms with Crippen molar-refractivity contribution in [2.75, 3.05) is 5.43 Å². The number of hydrogen-bond acceptors (Lipinski definition) is 4. The Morgan fingerprint density at radius 2 is 1.91 bits per heavy atom. The molecule has 0 aliphatic heterocycles. The Kier molecular flexibility index (Phi) is 5.14. The molecule has 1 aromatic heterocycles. The summed E-state index contributed by atoms with van der Waals surface area (Å²) in [6.45, 7) is 6.29. The van der Waals surface area contributed by atoms with Crippen LogP contribution in [0.15, 0.2) is 29.1 Å². The molecule has 2 N–H and O–H groups in total. The summed E-state index contributed by atoms with van der Waals surface area (Å²) in [5.41, 5.74) is 5.94. The SMILES string of the molecule is CCC(CC)C(=O)NNc1nc2ccccc2c(=O)n1CC. The molecule has 118 valence electrons. The zero-order chi connectivity index (χ0) is 16.1. The lowest BCUT2D eigenvalue weighted by Crippen LogP contribution is -2.37. The molecule has 0 saturated carbocycles. The van der Waals surface area contributed by atoms with Crippen LogP contribution < -0.4 is 16.4 Å². The molecule has 1 heterocycles. The highest BCUT2D eigenvalue weighted by atomic mass is 16.2. The molecule has 6 heteroatoms. The molecular formula is C16H22N4O2. The minimum absolute atomic E-state index is 0.0465. The Balaban J connectivity index is 2.31. The maximum atomic E-state index is 12.4. The monoisotopic (exact) mass is 302 g/mol. The number of nitrogens with zero attached hydrogens (tertiary/aromatic N) is 2. The van der Waals surface area contributed by atoms with Gasteiger partial charge in [-0.3, -0.25) is 25.0 Å². The van der Waals surface area contributed by atoms with Crippen LogP contribution in [0.25, 0.3) is 10.9 Å². The lowest BCUT2D eigenvalue weighted by molar-refractivity contribution is -0.124. The van der Waals surface area contributed by atoms with Crippen LogP contribution in [0.1, 0.15) is 33.6 Å². The normalized spacial score (nSPS) is 10.9. The number of hydrogen-bond donors (Lipinski definition) is 2. The van der Waals surface area contributed by atoms with Crippen molar-refractivity contribution in [3.8, 4) is 0 Å². The number of nitrogens with one attached hydrogen (secondary N) is 2. The Morgan fingerprint density at radius 1 is 1.23 bits per heavy atom. The molecule has 0 fully saturated rings. The van der Waals surface area contributed by atoms with Crippen molar-refractivity contribution in [3.05, 3.63) is 34.6 Å². The molecule has 0 saturated heterocycles. The number of fused-ring (bicyclic) bond motifs is 1. The summed E-state index contributed by atoms with van der Waals surface area (Å²) in [5.74, 6) is 0.218. The van der Waals surface area contributed by atoms with Crippen LogP contribution in [0.3, 0.4) is 0 Å². The van der Waals surface area contributed by atoms with Crippen molar-refractivity contribution in [2.24, 2.45) is 5.92 Å². The topological polar surface area (TPSA) is 76.0 Å². The van der Waals surface area contributed by atoms with E-state index >= 15 is 0 Å². The van der Waals surface area contributed by atoms with E-state index in [1.165, 1.54) is 4.57 Å². The Morgan fingerprint density at radius 3 is 2.55 bits per heavy atom. The van der Waals surface area contributed by atoms with Gasteiger partial charge < -0.3 is 0 Å². The summed E-state index contributed by atoms with van der Waals surface area (Å²) in [7, 11) is 0. The van der Waals surface area contributed by atoms with Crippen LogP contribution in [-0.4, -0.2) is 15.5 Å². The fraction of sp³-hybridized carbons (Fsp3) is 0.438. The van der Waals surface area contributed by atoms with E-state index in [1.807, 2.05) is 32.9 Å². The lowest BCUT2D eigenvalue weighted by Gasteiger charge is -2.16. The van der Waals surface area contributed by atoms with Crippen molar-refractivity contribution in [1.82, 2.24) is 15.0 Å². The summed E-state index contributed by atoms with van der Waals surface area (Å²) in [5, 5.41) is 0.571. The molecule has 0 bridgehead atoms. The lowest BCUT2D eigenvalue weighted by atomic mass is 10.0. The number of hydrazine groups is 1. The molecular weight excluding hydrogens is 280 g/mol. The maximum Gasteiger partial charge on any atom is 0.262 e. The number of amides is 1. The van der Waals surface area contributed by atoms with Gasteiger partial charge >= 0.3 is 0 Å². The van der Waals surface area contributed by atoms with Gasteiger partial charge in [0.05, 0.1) is 10.9 Å². The van der Waals surface area contributed by atoms with Gasteiger partial charge in [-0.25, -0.2) is 4.98 Å². The van der Waals surface area contributed by atoms with Gasteiger partial charge in [0.1, 0.15) is 0 Å². The fourth-order valence-corrected chi connectivity index (χ4v) is 2.44. The van der Waals surface area contributed by atoms with E-state index in [0.717, 1.165) is 12.8 Å². The van der Waals surface area contributed by atoms with E-state index in [4.69, 9.17) is 0 Å². The third-order valence-corrected chi connectivity index (χ3v) is 3.83. The highest BCUT2D eigenvalue weighted by Crippen LogP contribution is 2.11. The highest BCUT2D eigenvalue weighted by Gasteiger charge is 2.15.